The number of carbonyl (C=O) groups excluding carboxylic acids is 2. The molecule has 35 heavy (non-hydrogen) atoms. The number of likely N-dealkylation sites (tertiary alicyclic amines) is 1. The van der Waals surface area contributed by atoms with Crippen molar-refractivity contribution in [1.29, 1.82) is 0 Å². The molecular weight excluding hydrogens is 436 g/mol. The van der Waals surface area contributed by atoms with Crippen LogP contribution < -0.4 is 5.32 Å². The van der Waals surface area contributed by atoms with Gasteiger partial charge < -0.3 is 5.32 Å². The molecule has 0 radical (unpaired) electrons. The van der Waals surface area contributed by atoms with Gasteiger partial charge in [0.2, 0.25) is 5.91 Å². The number of benzene rings is 2. The molecule has 2 heterocycles. The Morgan fingerprint density at radius 3 is 2.23 bits per heavy atom. The minimum atomic E-state index is -0.374. The van der Waals surface area contributed by atoms with Gasteiger partial charge in [-0.15, -0.1) is 0 Å². The third-order valence-electron chi connectivity index (χ3n) is 6.68. The van der Waals surface area contributed by atoms with E-state index in [4.69, 9.17) is 0 Å². The topological polar surface area (TPSA) is 75.2 Å². The number of aromatic nitrogens is 2. The summed E-state index contributed by atoms with van der Waals surface area (Å²) >= 11 is 0. The zero-order chi connectivity index (χ0) is 24.8. The van der Waals surface area contributed by atoms with Gasteiger partial charge >= 0.3 is 0 Å². The molecule has 4 rings (SSSR count). The zero-order valence-electron chi connectivity index (χ0n) is 20.8. The molecule has 1 atom stereocenters. The number of ketones is 1. The normalized spacial score (nSPS) is 16.0. The van der Waals surface area contributed by atoms with E-state index in [0.717, 1.165) is 42.6 Å². The standard InChI is InChI=1S/C29H34N4O2/c1-29(2,3)26(34)20-33-17-13-24(14-18-33)28(35)32-27(25-19-30-15-16-31-25)23-11-9-22(10-12-23)21-7-5-4-6-8-21/h4-12,15-16,19,24,27H,13-14,17-18,20H2,1-3H3,(H,32,35). The van der Waals surface area contributed by atoms with Gasteiger partial charge in [-0.1, -0.05) is 75.4 Å². The Bertz CT molecular complexity index is 1120. The van der Waals surface area contributed by atoms with E-state index in [-0.39, 0.29) is 29.1 Å². The number of amides is 1. The molecule has 6 heteroatoms. The first-order valence-electron chi connectivity index (χ1n) is 12.3. The summed E-state index contributed by atoms with van der Waals surface area (Å²) in [5, 5.41) is 3.23. The van der Waals surface area contributed by atoms with Crippen molar-refractivity contribution in [3.05, 3.63) is 84.4 Å². The van der Waals surface area contributed by atoms with E-state index >= 15 is 0 Å². The quantitative estimate of drug-likeness (QED) is 0.543. The molecule has 1 aliphatic rings. The maximum absolute atomic E-state index is 13.3. The number of rotatable bonds is 7. The van der Waals surface area contributed by atoms with Crippen LogP contribution in [0.4, 0.5) is 0 Å². The second-order valence-electron chi connectivity index (χ2n) is 10.3. The average molecular weight is 471 g/mol. The number of Topliss-reactive ketones (excluding diaryl/α,β-unsaturated/α-hetero) is 1. The maximum Gasteiger partial charge on any atom is 0.224 e. The summed E-state index contributed by atoms with van der Waals surface area (Å²) in [5.41, 5.74) is 3.61. The molecule has 1 N–H and O–H groups in total. The minimum absolute atomic E-state index is 0.0228. The van der Waals surface area contributed by atoms with Gasteiger partial charge in [0.25, 0.3) is 0 Å². The van der Waals surface area contributed by atoms with Gasteiger partial charge in [-0.05, 0) is 42.6 Å². The van der Waals surface area contributed by atoms with Gasteiger partial charge in [0.15, 0.2) is 5.78 Å². The lowest BCUT2D eigenvalue weighted by molar-refractivity contribution is -0.129. The summed E-state index contributed by atoms with van der Waals surface area (Å²) in [6.45, 7) is 7.81. The highest BCUT2D eigenvalue weighted by Crippen LogP contribution is 2.26. The van der Waals surface area contributed by atoms with Crippen LogP contribution in [-0.2, 0) is 9.59 Å². The molecule has 2 aromatic carbocycles. The Labute approximate surface area is 207 Å². The Morgan fingerprint density at radius 1 is 0.971 bits per heavy atom. The second kappa shape index (κ2) is 10.9. The van der Waals surface area contributed by atoms with E-state index in [0.29, 0.717) is 12.2 Å². The largest absolute Gasteiger partial charge is 0.343 e. The molecule has 1 aromatic heterocycles. The van der Waals surface area contributed by atoms with Crippen LogP contribution >= 0.6 is 0 Å². The van der Waals surface area contributed by atoms with E-state index in [1.54, 1.807) is 18.6 Å². The van der Waals surface area contributed by atoms with Crippen LogP contribution in [0.2, 0.25) is 0 Å². The van der Waals surface area contributed by atoms with Crippen LogP contribution in [0.1, 0.15) is 50.9 Å². The summed E-state index contributed by atoms with van der Waals surface area (Å²) in [6.07, 6.45) is 6.47. The van der Waals surface area contributed by atoms with E-state index in [2.05, 4.69) is 44.5 Å². The van der Waals surface area contributed by atoms with Crippen molar-refractivity contribution in [2.45, 2.75) is 39.7 Å². The number of carbonyl (C=O) groups is 2. The molecule has 1 fully saturated rings. The fourth-order valence-corrected chi connectivity index (χ4v) is 4.34. The summed E-state index contributed by atoms with van der Waals surface area (Å²) in [5.74, 6) is 0.176. The highest BCUT2D eigenvalue weighted by Gasteiger charge is 2.30. The van der Waals surface area contributed by atoms with Crippen LogP contribution in [0.15, 0.2) is 73.2 Å². The predicted octanol–water partition coefficient (Wildman–Crippen LogP) is 4.68. The lowest BCUT2D eigenvalue weighted by Crippen LogP contribution is -2.44. The molecule has 1 saturated heterocycles. The molecule has 1 aliphatic heterocycles. The Morgan fingerprint density at radius 2 is 1.63 bits per heavy atom. The zero-order valence-corrected chi connectivity index (χ0v) is 20.8. The van der Waals surface area contributed by atoms with Crippen molar-refractivity contribution in [3.8, 4) is 11.1 Å². The molecule has 0 saturated carbocycles. The summed E-state index contributed by atoms with van der Waals surface area (Å²) < 4.78 is 0. The van der Waals surface area contributed by atoms with Crippen molar-refractivity contribution in [3.63, 3.8) is 0 Å². The van der Waals surface area contributed by atoms with Gasteiger partial charge in [-0.2, -0.15) is 0 Å². The first kappa shape index (κ1) is 24.7. The Balaban J connectivity index is 1.44. The molecule has 0 spiro atoms. The van der Waals surface area contributed by atoms with Gasteiger partial charge in [0.05, 0.1) is 24.5 Å². The van der Waals surface area contributed by atoms with Gasteiger partial charge in [-0.25, -0.2) is 0 Å². The van der Waals surface area contributed by atoms with Crippen molar-refractivity contribution in [2.75, 3.05) is 19.6 Å². The molecule has 0 aliphatic carbocycles. The fraction of sp³-hybridized carbons (Fsp3) is 0.379. The van der Waals surface area contributed by atoms with E-state index in [1.165, 1.54) is 0 Å². The van der Waals surface area contributed by atoms with Crippen molar-refractivity contribution < 1.29 is 9.59 Å². The van der Waals surface area contributed by atoms with E-state index in [9.17, 15) is 9.59 Å². The summed E-state index contributed by atoms with van der Waals surface area (Å²) in [7, 11) is 0. The number of piperidine rings is 1. The minimum Gasteiger partial charge on any atom is -0.343 e. The van der Waals surface area contributed by atoms with Gasteiger partial charge in [0, 0.05) is 23.7 Å². The summed E-state index contributed by atoms with van der Waals surface area (Å²) in [6, 6.07) is 18.1. The number of nitrogens with one attached hydrogen (secondary N) is 1. The van der Waals surface area contributed by atoms with Crippen LogP contribution in [-0.4, -0.2) is 46.2 Å². The third kappa shape index (κ3) is 6.40. The molecular formula is C29H34N4O2. The lowest BCUT2D eigenvalue weighted by Gasteiger charge is -2.33. The third-order valence-corrected chi connectivity index (χ3v) is 6.68. The van der Waals surface area contributed by atoms with Crippen molar-refractivity contribution in [2.24, 2.45) is 11.3 Å². The Hall–Kier alpha value is -3.38. The summed E-state index contributed by atoms with van der Waals surface area (Å²) in [4.78, 5) is 36.5. The lowest BCUT2D eigenvalue weighted by atomic mass is 9.89. The first-order chi connectivity index (χ1) is 16.8. The number of nitrogens with zero attached hydrogens (tertiary/aromatic N) is 3. The first-order valence-corrected chi connectivity index (χ1v) is 12.3. The van der Waals surface area contributed by atoms with Crippen LogP contribution in [0.3, 0.4) is 0 Å². The fourth-order valence-electron chi connectivity index (χ4n) is 4.34. The SMILES string of the molecule is CC(C)(C)C(=O)CN1CCC(C(=O)NC(c2ccc(-c3ccccc3)cc2)c2cnccn2)CC1. The average Bonchev–Trinajstić information content (AvgIpc) is 2.88. The van der Waals surface area contributed by atoms with Crippen LogP contribution in [0.5, 0.6) is 0 Å². The highest BCUT2D eigenvalue weighted by atomic mass is 16.2. The van der Waals surface area contributed by atoms with Crippen LogP contribution in [0, 0.1) is 11.3 Å². The van der Waals surface area contributed by atoms with Crippen molar-refractivity contribution >= 4 is 11.7 Å². The van der Waals surface area contributed by atoms with Crippen molar-refractivity contribution in [1.82, 2.24) is 20.2 Å². The van der Waals surface area contributed by atoms with E-state index < -0.39 is 0 Å². The predicted molar refractivity (Wildman–Crippen MR) is 138 cm³/mol. The highest BCUT2D eigenvalue weighted by molar-refractivity contribution is 5.85. The maximum atomic E-state index is 13.3. The molecule has 0 bridgehead atoms. The smallest absolute Gasteiger partial charge is 0.224 e. The number of hydrogen-bond donors (Lipinski definition) is 1. The second-order valence-corrected chi connectivity index (χ2v) is 10.3. The van der Waals surface area contributed by atoms with Gasteiger partial charge in [0.1, 0.15) is 0 Å². The van der Waals surface area contributed by atoms with Crippen LogP contribution in [0.25, 0.3) is 11.1 Å². The molecule has 1 amide bonds. The number of hydrogen-bond acceptors (Lipinski definition) is 5. The molecule has 1 unspecified atom stereocenters. The van der Waals surface area contributed by atoms with Gasteiger partial charge in [-0.3, -0.25) is 24.5 Å². The molecule has 3 aromatic rings. The van der Waals surface area contributed by atoms with E-state index in [1.807, 2.05) is 51.1 Å². The molecule has 6 nitrogen and oxygen atoms in total. The Kier molecular flexibility index (Phi) is 7.71. The molecule has 182 valence electrons. The monoisotopic (exact) mass is 470 g/mol.